The van der Waals surface area contributed by atoms with E-state index in [0.29, 0.717) is 5.78 Å². The summed E-state index contributed by atoms with van der Waals surface area (Å²) in [7, 11) is 0. The van der Waals surface area contributed by atoms with E-state index in [1.807, 2.05) is 12.1 Å². The molecule has 0 amide bonds. The van der Waals surface area contributed by atoms with Crippen LogP contribution in [0.5, 0.6) is 0 Å². The molecular weight excluding hydrogens is 192 g/mol. The fourth-order valence-corrected chi connectivity index (χ4v) is 2.48. The lowest BCUT2D eigenvalue weighted by molar-refractivity contribution is 0.0934. The lowest BCUT2D eigenvalue weighted by atomic mass is 10.0. The Morgan fingerprint density at radius 1 is 1.50 bits per heavy atom. The molecule has 0 N–H and O–H groups in total. The number of ketones is 1. The third kappa shape index (κ3) is 1.48. The van der Waals surface area contributed by atoms with E-state index < -0.39 is 0 Å². The number of Topliss-reactive ketones (excluding diaryl/α,β-unsaturated/α-hetero) is 1. The number of hydrogen-bond acceptors (Lipinski definition) is 2. The van der Waals surface area contributed by atoms with Crippen LogP contribution in [0.4, 0.5) is 0 Å². The van der Waals surface area contributed by atoms with E-state index in [0.717, 1.165) is 18.4 Å². The molecular formula is C12H14OS. The molecule has 0 saturated heterocycles. The maximum absolute atomic E-state index is 11.8. The van der Waals surface area contributed by atoms with Gasteiger partial charge in [0.15, 0.2) is 5.78 Å². The Hall–Kier alpha value is -0.760. The summed E-state index contributed by atoms with van der Waals surface area (Å²) < 4.78 is 0. The monoisotopic (exact) mass is 206 g/mol. The van der Waals surface area contributed by atoms with Crippen LogP contribution in [-0.2, 0) is 6.42 Å². The van der Waals surface area contributed by atoms with Crippen molar-refractivity contribution in [2.45, 2.75) is 24.7 Å². The molecule has 0 heterocycles. The molecule has 0 aromatic heterocycles. The van der Waals surface area contributed by atoms with Gasteiger partial charge in [-0.1, -0.05) is 13.0 Å². The quantitative estimate of drug-likeness (QED) is 0.691. The molecule has 1 atom stereocenters. The SMILES string of the molecule is CCC1Cc2cc(SC)ccc2C1=O. The standard InChI is InChI=1S/C12H14OS/c1-3-8-6-9-7-10(14-2)4-5-11(9)12(8)13/h4-5,7-8H,3,6H2,1-2H3. The van der Waals surface area contributed by atoms with Gasteiger partial charge in [-0.25, -0.2) is 0 Å². The molecule has 1 aromatic rings. The van der Waals surface area contributed by atoms with Gasteiger partial charge in [0.25, 0.3) is 0 Å². The Bertz CT molecular complexity index is 371. The Balaban J connectivity index is 2.38. The minimum absolute atomic E-state index is 0.238. The van der Waals surface area contributed by atoms with Gasteiger partial charge >= 0.3 is 0 Å². The van der Waals surface area contributed by atoms with Crippen molar-refractivity contribution in [3.05, 3.63) is 29.3 Å². The highest BCUT2D eigenvalue weighted by molar-refractivity contribution is 7.98. The van der Waals surface area contributed by atoms with Gasteiger partial charge in [0.05, 0.1) is 0 Å². The molecule has 14 heavy (non-hydrogen) atoms. The molecule has 1 aromatic carbocycles. The Morgan fingerprint density at radius 3 is 2.93 bits per heavy atom. The third-order valence-electron chi connectivity index (χ3n) is 2.91. The normalized spacial score (nSPS) is 19.9. The van der Waals surface area contributed by atoms with Crippen LogP contribution < -0.4 is 0 Å². The van der Waals surface area contributed by atoms with Gasteiger partial charge in [-0.2, -0.15) is 0 Å². The van der Waals surface area contributed by atoms with Crippen LogP contribution in [0.2, 0.25) is 0 Å². The number of carbonyl (C=O) groups is 1. The van der Waals surface area contributed by atoms with Crippen molar-refractivity contribution in [1.82, 2.24) is 0 Å². The van der Waals surface area contributed by atoms with Gasteiger partial charge in [0.2, 0.25) is 0 Å². The van der Waals surface area contributed by atoms with Crippen LogP contribution in [0.3, 0.4) is 0 Å². The number of hydrogen-bond donors (Lipinski definition) is 0. The number of benzene rings is 1. The smallest absolute Gasteiger partial charge is 0.166 e. The summed E-state index contributed by atoms with van der Waals surface area (Å²) in [5.41, 5.74) is 2.20. The molecule has 0 fully saturated rings. The predicted octanol–water partition coefficient (Wildman–Crippen LogP) is 3.17. The van der Waals surface area contributed by atoms with Gasteiger partial charge in [0.1, 0.15) is 0 Å². The van der Waals surface area contributed by atoms with Crippen LogP contribution in [0, 0.1) is 5.92 Å². The summed E-state index contributed by atoms with van der Waals surface area (Å²) in [6.45, 7) is 2.09. The molecule has 0 saturated carbocycles. The summed E-state index contributed by atoms with van der Waals surface area (Å²) in [6.07, 6.45) is 3.97. The summed E-state index contributed by atoms with van der Waals surface area (Å²) in [5.74, 6) is 0.581. The molecule has 1 nitrogen and oxygen atoms in total. The van der Waals surface area contributed by atoms with E-state index >= 15 is 0 Å². The molecule has 1 aliphatic rings. The van der Waals surface area contributed by atoms with Crippen molar-refractivity contribution in [2.75, 3.05) is 6.26 Å². The minimum Gasteiger partial charge on any atom is -0.294 e. The van der Waals surface area contributed by atoms with Crippen LogP contribution in [0.25, 0.3) is 0 Å². The minimum atomic E-state index is 0.238. The van der Waals surface area contributed by atoms with Gasteiger partial charge in [-0.15, -0.1) is 11.8 Å². The maximum atomic E-state index is 11.8. The second-order valence-electron chi connectivity index (χ2n) is 3.70. The summed E-state index contributed by atoms with van der Waals surface area (Å²) in [4.78, 5) is 13.1. The highest BCUT2D eigenvalue weighted by Crippen LogP contribution is 2.31. The first kappa shape index (κ1) is 9.78. The number of thioether (sulfide) groups is 1. The summed E-state index contributed by atoms with van der Waals surface area (Å²) in [5, 5.41) is 0. The van der Waals surface area contributed by atoms with Crippen molar-refractivity contribution in [3.8, 4) is 0 Å². The molecule has 1 unspecified atom stereocenters. The molecule has 0 radical (unpaired) electrons. The van der Waals surface area contributed by atoms with E-state index in [1.165, 1.54) is 10.5 Å². The topological polar surface area (TPSA) is 17.1 Å². The average molecular weight is 206 g/mol. The van der Waals surface area contributed by atoms with Gasteiger partial charge in [0, 0.05) is 16.4 Å². The van der Waals surface area contributed by atoms with Crippen molar-refractivity contribution in [3.63, 3.8) is 0 Å². The zero-order valence-corrected chi connectivity index (χ0v) is 9.36. The van der Waals surface area contributed by atoms with Crippen molar-refractivity contribution >= 4 is 17.5 Å². The lowest BCUT2D eigenvalue weighted by Crippen LogP contribution is -2.06. The molecule has 1 aliphatic carbocycles. The van der Waals surface area contributed by atoms with Crippen molar-refractivity contribution in [2.24, 2.45) is 5.92 Å². The third-order valence-corrected chi connectivity index (χ3v) is 3.63. The zero-order chi connectivity index (χ0) is 10.1. The highest BCUT2D eigenvalue weighted by Gasteiger charge is 2.28. The van der Waals surface area contributed by atoms with E-state index in [2.05, 4.69) is 19.2 Å². The van der Waals surface area contributed by atoms with E-state index in [4.69, 9.17) is 0 Å². The second-order valence-corrected chi connectivity index (χ2v) is 4.58. The van der Waals surface area contributed by atoms with Crippen molar-refractivity contribution < 1.29 is 4.79 Å². The lowest BCUT2D eigenvalue weighted by Gasteiger charge is -2.00. The first-order valence-electron chi connectivity index (χ1n) is 4.97. The fourth-order valence-electron chi connectivity index (χ4n) is 2.01. The number of fused-ring (bicyclic) bond motifs is 1. The summed E-state index contributed by atoms with van der Waals surface area (Å²) >= 11 is 1.73. The fraction of sp³-hybridized carbons (Fsp3) is 0.417. The van der Waals surface area contributed by atoms with Gasteiger partial charge in [-0.3, -0.25) is 4.79 Å². The maximum Gasteiger partial charge on any atom is 0.166 e. The largest absolute Gasteiger partial charge is 0.294 e. The molecule has 0 bridgehead atoms. The Labute approximate surface area is 88.9 Å². The first-order valence-corrected chi connectivity index (χ1v) is 6.20. The average Bonchev–Trinajstić information content (AvgIpc) is 2.55. The molecule has 2 heteroatoms. The van der Waals surface area contributed by atoms with E-state index in [1.54, 1.807) is 11.8 Å². The molecule has 2 rings (SSSR count). The first-order chi connectivity index (χ1) is 6.76. The van der Waals surface area contributed by atoms with E-state index in [9.17, 15) is 4.79 Å². The van der Waals surface area contributed by atoms with Gasteiger partial charge < -0.3 is 0 Å². The molecule has 0 aliphatic heterocycles. The zero-order valence-electron chi connectivity index (χ0n) is 8.54. The van der Waals surface area contributed by atoms with Crippen LogP contribution in [-0.4, -0.2) is 12.0 Å². The second kappa shape index (κ2) is 3.77. The Kier molecular flexibility index (Phi) is 2.64. The van der Waals surface area contributed by atoms with Crippen LogP contribution in [0.15, 0.2) is 23.1 Å². The van der Waals surface area contributed by atoms with E-state index in [-0.39, 0.29) is 5.92 Å². The predicted molar refractivity (Wildman–Crippen MR) is 60.0 cm³/mol. The number of rotatable bonds is 2. The summed E-state index contributed by atoms with van der Waals surface area (Å²) in [6, 6.07) is 6.19. The number of carbonyl (C=O) groups excluding carboxylic acids is 1. The molecule has 0 spiro atoms. The highest BCUT2D eigenvalue weighted by atomic mass is 32.2. The van der Waals surface area contributed by atoms with Crippen LogP contribution in [0.1, 0.15) is 29.3 Å². The van der Waals surface area contributed by atoms with Crippen LogP contribution >= 0.6 is 11.8 Å². The van der Waals surface area contributed by atoms with Crippen molar-refractivity contribution in [1.29, 1.82) is 0 Å². The Morgan fingerprint density at radius 2 is 2.29 bits per heavy atom. The molecule has 74 valence electrons. The van der Waals surface area contributed by atoms with Gasteiger partial charge in [-0.05, 0) is 36.8 Å².